The molecule has 70 valence electrons. The van der Waals surface area contributed by atoms with Gasteiger partial charge in [-0.2, -0.15) is 0 Å². The number of aliphatic hydroxyl groups excluding tert-OH is 1. The van der Waals surface area contributed by atoms with Gasteiger partial charge in [0.1, 0.15) is 6.10 Å². The highest BCUT2D eigenvalue weighted by Gasteiger charge is 2.09. The fourth-order valence-corrected chi connectivity index (χ4v) is 0.983. The predicted molar refractivity (Wildman–Crippen MR) is 51.8 cm³/mol. The number of benzene rings is 1. The summed E-state index contributed by atoms with van der Waals surface area (Å²) in [4.78, 5) is 11.0. The molecule has 2 N–H and O–H groups in total. The topological polar surface area (TPSA) is 49.3 Å². The van der Waals surface area contributed by atoms with Crippen molar-refractivity contribution in [1.82, 2.24) is 0 Å². The van der Waals surface area contributed by atoms with Crippen molar-refractivity contribution in [1.29, 1.82) is 0 Å². The number of aliphatic hydroxyl groups is 1. The van der Waals surface area contributed by atoms with Crippen molar-refractivity contribution in [3.8, 4) is 0 Å². The first kappa shape index (κ1) is 10.0. The summed E-state index contributed by atoms with van der Waals surface area (Å²) in [6, 6.07) is 6.85. The lowest BCUT2D eigenvalue weighted by atomic mass is 10.3. The fraction of sp³-hybridized carbons (Fsp3) is 0.222. The third-order valence-electron chi connectivity index (χ3n) is 1.51. The molecule has 0 aromatic heterocycles. The van der Waals surface area contributed by atoms with E-state index in [2.05, 4.69) is 5.32 Å². The molecule has 0 aliphatic carbocycles. The number of carbonyl (C=O) groups is 1. The van der Waals surface area contributed by atoms with E-state index in [-0.39, 0.29) is 0 Å². The highest BCUT2D eigenvalue weighted by Crippen LogP contribution is 2.20. The maximum absolute atomic E-state index is 11.0. The Bertz CT molecular complexity index is 312. The van der Waals surface area contributed by atoms with Crippen molar-refractivity contribution < 1.29 is 9.90 Å². The number of para-hydroxylation sites is 1. The molecule has 3 nitrogen and oxygen atoms in total. The summed E-state index contributed by atoms with van der Waals surface area (Å²) in [5.41, 5.74) is 0.509. The largest absolute Gasteiger partial charge is 0.384 e. The van der Waals surface area contributed by atoms with Gasteiger partial charge in [-0.25, -0.2) is 0 Å². The first-order valence-corrected chi connectivity index (χ1v) is 4.22. The van der Waals surface area contributed by atoms with E-state index >= 15 is 0 Å². The van der Waals surface area contributed by atoms with Crippen LogP contribution in [0.4, 0.5) is 5.69 Å². The summed E-state index contributed by atoms with van der Waals surface area (Å²) in [5, 5.41) is 11.9. The third kappa shape index (κ3) is 2.72. The Morgan fingerprint density at radius 2 is 2.15 bits per heavy atom. The first-order chi connectivity index (χ1) is 6.11. The number of rotatable bonds is 2. The Morgan fingerprint density at radius 1 is 1.54 bits per heavy atom. The predicted octanol–water partition coefficient (Wildman–Crippen LogP) is 1.66. The minimum Gasteiger partial charge on any atom is -0.384 e. The van der Waals surface area contributed by atoms with E-state index in [4.69, 9.17) is 16.7 Å². The standard InChI is InChI=1S/C9H10ClNO2/c1-6(12)9(13)11-8-5-3-2-4-7(8)10/h2-6,12H,1H3,(H,11,13). The van der Waals surface area contributed by atoms with Gasteiger partial charge in [0.2, 0.25) is 0 Å². The lowest BCUT2D eigenvalue weighted by Gasteiger charge is -2.07. The SMILES string of the molecule is CC(O)C(=O)Nc1ccccc1Cl. The minimum atomic E-state index is -1.03. The number of halogens is 1. The zero-order valence-corrected chi connectivity index (χ0v) is 7.88. The molecular weight excluding hydrogens is 190 g/mol. The average Bonchev–Trinajstić information content (AvgIpc) is 2.08. The molecular formula is C9H10ClNO2. The molecule has 0 radical (unpaired) electrons. The summed E-state index contributed by atoms with van der Waals surface area (Å²) in [6.45, 7) is 1.40. The molecule has 1 aromatic carbocycles. The maximum atomic E-state index is 11.0. The molecule has 0 fully saturated rings. The minimum absolute atomic E-state index is 0.455. The van der Waals surface area contributed by atoms with Crippen LogP contribution in [0.25, 0.3) is 0 Å². The summed E-state index contributed by atoms with van der Waals surface area (Å²) < 4.78 is 0. The maximum Gasteiger partial charge on any atom is 0.252 e. The monoisotopic (exact) mass is 199 g/mol. The third-order valence-corrected chi connectivity index (χ3v) is 1.84. The number of carbonyl (C=O) groups excluding carboxylic acids is 1. The van der Waals surface area contributed by atoms with E-state index in [1.54, 1.807) is 24.3 Å². The van der Waals surface area contributed by atoms with Crippen molar-refractivity contribution in [2.45, 2.75) is 13.0 Å². The lowest BCUT2D eigenvalue weighted by Crippen LogP contribution is -2.24. The number of anilines is 1. The Kier molecular flexibility index (Phi) is 3.28. The summed E-state index contributed by atoms with van der Waals surface area (Å²) in [5.74, 6) is -0.465. The van der Waals surface area contributed by atoms with Crippen molar-refractivity contribution in [2.75, 3.05) is 5.32 Å². The summed E-state index contributed by atoms with van der Waals surface area (Å²) in [6.07, 6.45) is -1.03. The molecule has 0 bridgehead atoms. The Hall–Kier alpha value is -1.06. The van der Waals surface area contributed by atoms with Gasteiger partial charge in [-0.15, -0.1) is 0 Å². The molecule has 1 unspecified atom stereocenters. The molecule has 13 heavy (non-hydrogen) atoms. The van der Waals surface area contributed by atoms with Gasteiger partial charge in [-0.05, 0) is 19.1 Å². The van der Waals surface area contributed by atoms with Gasteiger partial charge < -0.3 is 10.4 Å². The second-order valence-electron chi connectivity index (χ2n) is 2.65. The van der Waals surface area contributed by atoms with Crippen molar-refractivity contribution >= 4 is 23.2 Å². The Morgan fingerprint density at radius 3 is 2.69 bits per heavy atom. The molecule has 4 heteroatoms. The first-order valence-electron chi connectivity index (χ1n) is 3.84. The smallest absolute Gasteiger partial charge is 0.252 e. The van der Waals surface area contributed by atoms with Gasteiger partial charge >= 0.3 is 0 Å². The van der Waals surface area contributed by atoms with Crippen LogP contribution in [0, 0.1) is 0 Å². The van der Waals surface area contributed by atoms with Gasteiger partial charge in [-0.3, -0.25) is 4.79 Å². The van der Waals surface area contributed by atoms with Gasteiger partial charge in [0, 0.05) is 0 Å². The van der Waals surface area contributed by atoms with Gasteiger partial charge in [0.25, 0.3) is 5.91 Å². The molecule has 0 aliphatic rings. The van der Waals surface area contributed by atoms with E-state index < -0.39 is 12.0 Å². The van der Waals surface area contributed by atoms with Crippen LogP contribution in [0.15, 0.2) is 24.3 Å². The lowest BCUT2D eigenvalue weighted by molar-refractivity contribution is -0.123. The van der Waals surface area contributed by atoms with E-state index in [9.17, 15) is 4.79 Å². The van der Waals surface area contributed by atoms with Crippen molar-refractivity contribution in [3.05, 3.63) is 29.3 Å². The second-order valence-corrected chi connectivity index (χ2v) is 3.05. The number of hydrogen-bond acceptors (Lipinski definition) is 2. The molecule has 0 saturated heterocycles. The molecule has 1 aromatic rings. The average molecular weight is 200 g/mol. The van der Waals surface area contributed by atoms with Crippen LogP contribution >= 0.6 is 11.6 Å². The van der Waals surface area contributed by atoms with Crippen molar-refractivity contribution in [2.24, 2.45) is 0 Å². The zero-order valence-electron chi connectivity index (χ0n) is 7.12. The fourth-order valence-electron chi connectivity index (χ4n) is 0.800. The Labute approximate surface area is 81.3 Å². The summed E-state index contributed by atoms with van der Waals surface area (Å²) >= 11 is 5.78. The van der Waals surface area contributed by atoms with E-state index in [0.717, 1.165) is 0 Å². The molecule has 0 saturated carbocycles. The second kappa shape index (κ2) is 4.25. The van der Waals surface area contributed by atoms with Crippen LogP contribution in [-0.2, 0) is 4.79 Å². The zero-order chi connectivity index (χ0) is 9.84. The van der Waals surface area contributed by atoms with Crippen LogP contribution in [0.5, 0.6) is 0 Å². The highest BCUT2D eigenvalue weighted by molar-refractivity contribution is 6.33. The molecule has 1 amide bonds. The van der Waals surface area contributed by atoms with E-state index in [0.29, 0.717) is 10.7 Å². The quantitative estimate of drug-likeness (QED) is 0.761. The number of amides is 1. The number of hydrogen-bond donors (Lipinski definition) is 2. The highest BCUT2D eigenvalue weighted by atomic mass is 35.5. The van der Waals surface area contributed by atoms with Crippen LogP contribution < -0.4 is 5.32 Å². The number of nitrogens with one attached hydrogen (secondary N) is 1. The van der Waals surface area contributed by atoms with Crippen LogP contribution in [0.2, 0.25) is 5.02 Å². The van der Waals surface area contributed by atoms with Gasteiger partial charge in [-0.1, -0.05) is 23.7 Å². The van der Waals surface area contributed by atoms with E-state index in [1.165, 1.54) is 6.92 Å². The van der Waals surface area contributed by atoms with E-state index in [1.807, 2.05) is 0 Å². The molecule has 0 aliphatic heterocycles. The molecule has 0 heterocycles. The van der Waals surface area contributed by atoms with Gasteiger partial charge in [0.15, 0.2) is 0 Å². The van der Waals surface area contributed by atoms with Crippen molar-refractivity contribution in [3.63, 3.8) is 0 Å². The van der Waals surface area contributed by atoms with Crippen LogP contribution in [0.3, 0.4) is 0 Å². The molecule has 1 atom stereocenters. The molecule has 1 rings (SSSR count). The Balaban J connectivity index is 2.75. The summed E-state index contributed by atoms with van der Waals surface area (Å²) in [7, 11) is 0. The van der Waals surface area contributed by atoms with Gasteiger partial charge in [0.05, 0.1) is 10.7 Å². The normalized spacial score (nSPS) is 12.2. The van der Waals surface area contributed by atoms with Crippen LogP contribution in [0.1, 0.15) is 6.92 Å². The molecule has 0 spiro atoms. The van der Waals surface area contributed by atoms with Crippen LogP contribution in [-0.4, -0.2) is 17.1 Å².